The Balaban J connectivity index is 2.07. The third-order valence-corrected chi connectivity index (χ3v) is 3.77. The minimum absolute atomic E-state index is 0.249. The second-order valence-electron chi connectivity index (χ2n) is 5.50. The van der Waals surface area contributed by atoms with Gasteiger partial charge in [0.05, 0.1) is 5.54 Å². The summed E-state index contributed by atoms with van der Waals surface area (Å²) in [4.78, 5) is 13.2. The van der Waals surface area contributed by atoms with E-state index in [-0.39, 0.29) is 6.04 Å². The van der Waals surface area contributed by atoms with Gasteiger partial charge in [-0.2, -0.15) is 13.2 Å². The van der Waals surface area contributed by atoms with Crippen LogP contribution in [-0.4, -0.2) is 35.1 Å². The maximum Gasteiger partial charge on any atom is 0.406 e. The van der Waals surface area contributed by atoms with E-state index in [0.29, 0.717) is 25.7 Å². The zero-order valence-corrected chi connectivity index (χ0v) is 10.3. The number of nitrogens with two attached hydrogens (primary N) is 1. The van der Waals surface area contributed by atoms with Crippen LogP contribution in [0.15, 0.2) is 0 Å². The lowest BCUT2D eigenvalue weighted by atomic mass is 9.81. The molecule has 0 aromatic heterocycles. The lowest BCUT2D eigenvalue weighted by Crippen LogP contribution is -2.58. The summed E-state index contributed by atoms with van der Waals surface area (Å²) in [7, 11) is 0. The molecule has 0 aromatic carbocycles. The Morgan fingerprint density at radius 3 is 2.22 bits per heavy atom. The van der Waals surface area contributed by atoms with Crippen molar-refractivity contribution in [2.24, 2.45) is 5.73 Å². The van der Waals surface area contributed by atoms with Crippen LogP contribution in [0.2, 0.25) is 0 Å². The Morgan fingerprint density at radius 2 is 1.78 bits per heavy atom. The molecule has 2 fully saturated rings. The number of halogens is 3. The minimum Gasteiger partial charge on any atom is -0.329 e. The van der Waals surface area contributed by atoms with Crippen LogP contribution in [-0.2, 0) is 4.79 Å². The van der Waals surface area contributed by atoms with Crippen molar-refractivity contribution in [2.75, 3.05) is 6.54 Å². The van der Waals surface area contributed by atoms with Crippen LogP contribution in [0, 0.1) is 0 Å². The highest BCUT2D eigenvalue weighted by Crippen LogP contribution is 2.35. The molecule has 104 valence electrons. The summed E-state index contributed by atoms with van der Waals surface area (Å²) in [5.41, 5.74) is 4.97. The zero-order valence-electron chi connectivity index (χ0n) is 10.3. The second-order valence-corrected chi connectivity index (χ2v) is 5.50. The largest absolute Gasteiger partial charge is 0.406 e. The fourth-order valence-electron chi connectivity index (χ4n) is 2.63. The van der Waals surface area contributed by atoms with Crippen molar-refractivity contribution in [1.29, 1.82) is 0 Å². The van der Waals surface area contributed by atoms with Gasteiger partial charge in [-0.05, 0) is 25.7 Å². The summed E-state index contributed by atoms with van der Waals surface area (Å²) in [6.45, 7) is -1.16. The van der Waals surface area contributed by atoms with Gasteiger partial charge in [0, 0.05) is 6.04 Å². The van der Waals surface area contributed by atoms with E-state index in [4.69, 9.17) is 5.73 Å². The smallest absolute Gasteiger partial charge is 0.329 e. The standard InChI is InChI=1S/C12H19F3N2O/c13-12(14,15)8-17(9-4-5-9)10(18)11(16)6-2-1-3-7-11/h9H,1-8,16H2. The molecule has 0 spiro atoms. The van der Waals surface area contributed by atoms with Gasteiger partial charge in [-0.25, -0.2) is 0 Å². The molecule has 6 heteroatoms. The van der Waals surface area contributed by atoms with E-state index >= 15 is 0 Å². The summed E-state index contributed by atoms with van der Waals surface area (Å²) < 4.78 is 37.5. The van der Waals surface area contributed by atoms with E-state index in [1.807, 2.05) is 0 Å². The molecule has 2 saturated carbocycles. The molecule has 0 aromatic rings. The number of hydrogen-bond acceptors (Lipinski definition) is 2. The monoisotopic (exact) mass is 264 g/mol. The summed E-state index contributed by atoms with van der Waals surface area (Å²) in [6.07, 6.45) is 0.660. The Hall–Kier alpha value is -0.780. The third-order valence-electron chi connectivity index (χ3n) is 3.77. The van der Waals surface area contributed by atoms with Gasteiger partial charge in [-0.1, -0.05) is 19.3 Å². The molecule has 0 unspecified atom stereocenters. The highest BCUT2D eigenvalue weighted by Gasteiger charge is 2.46. The van der Waals surface area contributed by atoms with Crippen LogP contribution >= 0.6 is 0 Å². The maximum absolute atomic E-state index is 12.5. The van der Waals surface area contributed by atoms with E-state index in [1.54, 1.807) is 0 Å². The van der Waals surface area contributed by atoms with Gasteiger partial charge in [-0.15, -0.1) is 0 Å². The van der Waals surface area contributed by atoms with E-state index in [2.05, 4.69) is 0 Å². The normalized spacial score (nSPS) is 23.8. The van der Waals surface area contributed by atoms with E-state index in [1.165, 1.54) is 0 Å². The van der Waals surface area contributed by atoms with E-state index in [0.717, 1.165) is 24.2 Å². The number of amides is 1. The van der Waals surface area contributed by atoms with Gasteiger partial charge in [-0.3, -0.25) is 4.79 Å². The molecule has 0 aliphatic heterocycles. The molecule has 0 radical (unpaired) electrons. The number of carbonyl (C=O) groups excluding carboxylic acids is 1. The van der Waals surface area contributed by atoms with E-state index in [9.17, 15) is 18.0 Å². The molecule has 3 nitrogen and oxygen atoms in total. The van der Waals surface area contributed by atoms with Crippen LogP contribution in [0.25, 0.3) is 0 Å². The Kier molecular flexibility index (Phi) is 3.58. The number of nitrogens with zero attached hydrogens (tertiary/aromatic N) is 1. The first kappa shape index (κ1) is 13.6. The molecule has 2 aliphatic carbocycles. The summed E-state index contributed by atoms with van der Waals surface area (Å²) in [6, 6.07) is -0.249. The number of rotatable bonds is 3. The first-order valence-electron chi connectivity index (χ1n) is 6.48. The second kappa shape index (κ2) is 4.72. The number of hydrogen-bond donors (Lipinski definition) is 1. The fraction of sp³-hybridized carbons (Fsp3) is 0.917. The van der Waals surface area contributed by atoms with Crippen molar-refractivity contribution in [3.8, 4) is 0 Å². The van der Waals surface area contributed by atoms with Crippen molar-refractivity contribution < 1.29 is 18.0 Å². The van der Waals surface area contributed by atoms with Crippen LogP contribution in [0.1, 0.15) is 44.9 Å². The van der Waals surface area contributed by atoms with Gasteiger partial charge in [0.25, 0.3) is 0 Å². The highest BCUT2D eigenvalue weighted by atomic mass is 19.4. The average Bonchev–Trinajstić information content (AvgIpc) is 3.08. The van der Waals surface area contributed by atoms with Gasteiger partial charge in [0.15, 0.2) is 0 Å². The average molecular weight is 264 g/mol. The van der Waals surface area contributed by atoms with Gasteiger partial charge < -0.3 is 10.6 Å². The van der Waals surface area contributed by atoms with Crippen molar-refractivity contribution in [3.63, 3.8) is 0 Å². The van der Waals surface area contributed by atoms with Crippen LogP contribution in [0.5, 0.6) is 0 Å². The quantitative estimate of drug-likeness (QED) is 0.849. The predicted molar refractivity (Wildman–Crippen MR) is 60.8 cm³/mol. The first-order valence-corrected chi connectivity index (χ1v) is 6.48. The van der Waals surface area contributed by atoms with Crippen LogP contribution in [0.4, 0.5) is 13.2 Å². The third kappa shape index (κ3) is 3.16. The minimum atomic E-state index is -4.34. The summed E-state index contributed by atoms with van der Waals surface area (Å²) >= 11 is 0. The Bertz CT molecular complexity index is 320. The molecule has 0 atom stereocenters. The summed E-state index contributed by atoms with van der Waals surface area (Å²) in [5.74, 6) is -0.498. The van der Waals surface area contributed by atoms with E-state index < -0.39 is 24.2 Å². The molecule has 2 rings (SSSR count). The summed E-state index contributed by atoms with van der Waals surface area (Å²) in [5, 5.41) is 0. The molecule has 0 bridgehead atoms. The molecular weight excluding hydrogens is 245 g/mol. The molecule has 0 heterocycles. The SMILES string of the molecule is NC1(C(=O)N(CC(F)(F)F)C2CC2)CCCCC1. The van der Waals surface area contributed by atoms with Crippen LogP contribution < -0.4 is 5.73 Å². The van der Waals surface area contributed by atoms with Crippen LogP contribution in [0.3, 0.4) is 0 Å². The van der Waals surface area contributed by atoms with Crippen molar-refractivity contribution in [3.05, 3.63) is 0 Å². The molecule has 2 aliphatic rings. The molecule has 1 amide bonds. The lowest BCUT2D eigenvalue weighted by molar-refractivity contribution is -0.166. The molecule has 18 heavy (non-hydrogen) atoms. The molecule has 2 N–H and O–H groups in total. The van der Waals surface area contributed by atoms with Crippen molar-refractivity contribution >= 4 is 5.91 Å². The van der Waals surface area contributed by atoms with Gasteiger partial charge in [0.1, 0.15) is 6.54 Å². The Morgan fingerprint density at radius 1 is 1.22 bits per heavy atom. The fourth-order valence-corrected chi connectivity index (χ4v) is 2.63. The topological polar surface area (TPSA) is 46.3 Å². The van der Waals surface area contributed by atoms with Crippen molar-refractivity contribution in [1.82, 2.24) is 4.90 Å². The molecular formula is C12H19F3N2O. The maximum atomic E-state index is 12.5. The first-order chi connectivity index (χ1) is 8.32. The highest BCUT2D eigenvalue weighted by molar-refractivity contribution is 5.86. The number of carbonyl (C=O) groups is 1. The lowest BCUT2D eigenvalue weighted by Gasteiger charge is -2.37. The van der Waals surface area contributed by atoms with Crippen molar-refractivity contribution in [2.45, 2.75) is 62.7 Å². The zero-order chi connectivity index (χ0) is 13.4. The predicted octanol–water partition coefficient (Wildman–Crippen LogP) is 2.20. The molecule has 0 saturated heterocycles. The van der Waals surface area contributed by atoms with Gasteiger partial charge in [0.2, 0.25) is 5.91 Å². The Labute approximate surface area is 104 Å². The number of alkyl halides is 3. The van der Waals surface area contributed by atoms with Gasteiger partial charge >= 0.3 is 6.18 Å².